The number of aromatic nitrogens is 3. The molecular weight excluding hydrogens is 426 g/mol. The molecule has 0 fully saturated rings. The van der Waals surface area contributed by atoms with Gasteiger partial charge in [0.05, 0.1) is 21.6 Å². The van der Waals surface area contributed by atoms with E-state index >= 15 is 0 Å². The van der Waals surface area contributed by atoms with E-state index in [2.05, 4.69) is 25.2 Å². The van der Waals surface area contributed by atoms with Crippen LogP contribution in [0.3, 0.4) is 0 Å². The van der Waals surface area contributed by atoms with Crippen LogP contribution in [-0.2, 0) is 6.61 Å². The van der Waals surface area contributed by atoms with E-state index in [1.54, 1.807) is 18.5 Å². The molecule has 4 rings (SSSR count). The molecule has 0 spiro atoms. The number of rotatable bonds is 9. The minimum absolute atomic E-state index is 0.347. The first kappa shape index (κ1) is 21.8. The van der Waals surface area contributed by atoms with Crippen molar-refractivity contribution in [1.29, 1.82) is 0 Å². The predicted molar refractivity (Wildman–Crippen MR) is 127 cm³/mol. The molecule has 32 heavy (non-hydrogen) atoms. The lowest BCUT2D eigenvalue weighted by Gasteiger charge is -2.13. The lowest BCUT2D eigenvalue weighted by Crippen LogP contribution is -2.19. The molecule has 164 valence electrons. The highest BCUT2D eigenvalue weighted by atomic mass is 35.5. The van der Waals surface area contributed by atoms with Crippen LogP contribution in [0.5, 0.6) is 11.5 Å². The summed E-state index contributed by atoms with van der Waals surface area (Å²) in [4.78, 5) is 15.4. The van der Waals surface area contributed by atoms with Gasteiger partial charge in [0.15, 0.2) is 0 Å². The van der Waals surface area contributed by atoms with Crippen molar-refractivity contribution in [2.45, 2.75) is 6.61 Å². The standard InChI is InChI=1S/C24H24ClN5O2/c1-30(2)12-13-31-22-8-5-7-21-19(22)15-27-24(29-21)28-17-9-10-23(20(25)14-17)32-16-18-6-3-4-11-26-18/h3-11,14-15H,12-13,16H2,1-2H3,(H,27,28,29). The Bertz CT molecular complexity index is 1190. The second-order valence-corrected chi connectivity index (χ2v) is 7.82. The van der Waals surface area contributed by atoms with Crippen LogP contribution >= 0.6 is 11.6 Å². The third-order valence-corrected chi connectivity index (χ3v) is 4.97. The summed E-state index contributed by atoms with van der Waals surface area (Å²) in [6, 6.07) is 16.9. The van der Waals surface area contributed by atoms with E-state index in [4.69, 9.17) is 21.1 Å². The maximum absolute atomic E-state index is 6.40. The Balaban J connectivity index is 1.44. The Kier molecular flexibility index (Phi) is 6.99. The van der Waals surface area contributed by atoms with Crippen molar-refractivity contribution < 1.29 is 9.47 Å². The zero-order valence-electron chi connectivity index (χ0n) is 18.0. The highest BCUT2D eigenvalue weighted by Gasteiger charge is 2.08. The average molecular weight is 450 g/mol. The first-order valence-corrected chi connectivity index (χ1v) is 10.6. The summed E-state index contributed by atoms with van der Waals surface area (Å²) in [6.45, 7) is 1.78. The SMILES string of the molecule is CN(C)CCOc1cccc2nc(Nc3ccc(OCc4ccccn4)c(Cl)c3)ncc12. The van der Waals surface area contributed by atoms with Crippen LogP contribution in [0.15, 0.2) is 67.0 Å². The Morgan fingerprint density at radius 3 is 2.66 bits per heavy atom. The van der Waals surface area contributed by atoms with E-state index in [9.17, 15) is 0 Å². The number of fused-ring (bicyclic) bond motifs is 1. The third-order valence-electron chi connectivity index (χ3n) is 4.67. The van der Waals surface area contributed by atoms with Gasteiger partial charge in [0.25, 0.3) is 0 Å². The predicted octanol–water partition coefficient (Wildman–Crippen LogP) is 4.94. The average Bonchev–Trinajstić information content (AvgIpc) is 2.79. The number of nitrogens with one attached hydrogen (secondary N) is 1. The van der Waals surface area contributed by atoms with Crippen LogP contribution < -0.4 is 14.8 Å². The van der Waals surface area contributed by atoms with Gasteiger partial charge in [0.1, 0.15) is 24.7 Å². The Morgan fingerprint density at radius 2 is 1.88 bits per heavy atom. The maximum atomic E-state index is 6.40. The van der Waals surface area contributed by atoms with Crippen LogP contribution in [0.4, 0.5) is 11.6 Å². The number of ether oxygens (including phenoxy) is 2. The van der Waals surface area contributed by atoms with Gasteiger partial charge in [-0.25, -0.2) is 9.97 Å². The highest BCUT2D eigenvalue weighted by molar-refractivity contribution is 6.32. The van der Waals surface area contributed by atoms with Crippen molar-refractivity contribution in [1.82, 2.24) is 19.9 Å². The molecule has 0 aliphatic carbocycles. The second kappa shape index (κ2) is 10.3. The molecule has 0 aliphatic heterocycles. The summed E-state index contributed by atoms with van der Waals surface area (Å²) < 4.78 is 11.7. The topological polar surface area (TPSA) is 72.4 Å². The lowest BCUT2D eigenvalue weighted by molar-refractivity contribution is 0.263. The van der Waals surface area contributed by atoms with Crippen molar-refractivity contribution in [3.05, 3.63) is 77.7 Å². The fourth-order valence-electron chi connectivity index (χ4n) is 3.01. The van der Waals surface area contributed by atoms with E-state index in [-0.39, 0.29) is 0 Å². The molecule has 0 saturated carbocycles. The zero-order chi connectivity index (χ0) is 22.3. The van der Waals surface area contributed by atoms with Crippen LogP contribution in [0.25, 0.3) is 10.9 Å². The van der Waals surface area contributed by atoms with E-state index in [0.29, 0.717) is 29.9 Å². The first-order valence-electron chi connectivity index (χ1n) is 10.2. The van der Waals surface area contributed by atoms with Crippen LogP contribution in [0.2, 0.25) is 5.02 Å². The number of halogens is 1. The zero-order valence-corrected chi connectivity index (χ0v) is 18.7. The number of hydrogen-bond donors (Lipinski definition) is 1. The summed E-state index contributed by atoms with van der Waals surface area (Å²) in [5.74, 6) is 1.83. The van der Waals surface area contributed by atoms with E-state index in [1.807, 2.05) is 62.6 Å². The van der Waals surface area contributed by atoms with Gasteiger partial charge in [-0.3, -0.25) is 4.98 Å². The normalized spacial score (nSPS) is 11.0. The molecule has 2 aromatic carbocycles. The number of nitrogens with zero attached hydrogens (tertiary/aromatic N) is 4. The number of likely N-dealkylation sites (N-methyl/N-ethyl adjacent to an activating group) is 1. The molecule has 1 N–H and O–H groups in total. The largest absolute Gasteiger partial charge is 0.491 e. The molecule has 8 heteroatoms. The van der Waals surface area contributed by atoms with E-state index in [1.165, 1.54) is 0 Å². The van der Waals surface area contributed by atoms with Gasteiger partial charge in [0, 0.05) is 24.6 Å². The number of anilines is 2. The number of benzene rings is 2. The molecular formula is C24H24ClN5O2. The van der Waals surface area contributed by atoms with Gasteiger partial charge in [-0.05, 0) is 56.6 Å². The molecule has 7 nitrogen and oxygen atoms in total. The second-order valence-electron chi connectivity index (χ2n) is 7.41. The third kappa shape index (κ3) is 5.63. The Morgan fingerprint density at radius 1 is 0.969 bits per heavy atom. The van der Waals surface area contributed by atoms with Crippen LogP contribution in [0.1, 0.15) is 5.69 Å². The monoisotopic (exact) mass is 449 g/mol. The van der Waals surface area contributed by atoms with Crippen molar-refractivity contribution >= 4 is 34.1 Å². The molecule has 2 aromatic heterocycles. The summed E-state index contributed by atoms with van der Waals surface area (Å²) in [7, 11) is 4.03. The van der Waals surface area contributed by atoms with Crippen molar-refractivity contribution in [3.8, 4) is 11.5 Å². The van der Waals surface area contributed by atoms with E-state index < -0.39 is 0 Å². The van der Waals surface area contributed by atoms with Crippen LogP contribution in [-0.4, -0.2) is 47.1 Å². The fraction of sp³-hybridized carbons (Fsp3) is 0.208. The molecule has 0 unspecified atom stereocenters. The fourth-order valence-corrected chi connectivity index (χ4v) is 3.25. The highest BCUT2D eigenvalue weighted by Crippen LogP contribution is 2.30. The van der Waals surface area contributed by atoms with Gasteiger partial charge >= 0.3 is 0 Å². The lowest BCUT2D eigenvalue weighted by atomic mass is 10.2. The number of hydrogen-bond acceptors (Lipinski definition) is 7. The Labute approximate surface area is 192 Å². The van der Waals surface area contributed by atoms with Gasteiger partial charge in [-0.2, -0.15) is 0 Å². The molecule has 2 heterocycles. The smallest absolute Gasteiger partial charge is 0.227 e. The summed E-state index contributed by atoms with van der Waals surface area (Å²) in [6.07, 6.45) is 3.50. The minimum Gasteiger partial charge on any atom is -0.491 e. The van der Waals surface area contributed by atoms with Gasteiger partial charge < -0.3 is 19.7 Å². The summed E-state index contributed by atoms with van der Waals surface area (Å²) >= 11 is 6.40. The molecule has 0 saturated heterocycles. The summed E-state index contributed by atoms with van der Waals surface area (Å²) in [5.41, 5.74) is 2.39. The van der Waals surface area contributed by atoms with Crippen molar-refractivity contribution in [3.63, 3.8) is 0 Å². The quantitative estimate of drug-likeness (QED) is 0.388. The molecule has 0 radical (unpaired) electrons. The minimum atomic E-state index is 0.347. The number of pyridine rings is 1. The van der Waals surface area contributed by atoms with E-state index in [0.717, 1.165) is 34.6 Å². The van der Waals surface area contributed by atoms with Crippen molar-refractivity contribution in [2.24, 2.45) is 0 Å². The Hall–Kier alpha value is -3.42. The molecule has 0 aliphatic rings. The van der Waals surface area contributed by atoms with Gasteiger partial charge in [0.2, 0.25) is 5.95 Å². The maximum Gasteiger partial charge on any atom is 0.227 e. The van der Waals surface area contributed by atoms with Gasteiger partial charge in [-0.15, -0.1) is 0 Å². The molecule has 0 bridgehead atoms. The first-order chi connectivity index (χ1) is 15.6. The van der Waals surface area contributed by atoms with Gasteiger partial charge in [-0.1, -0.05) is 23.7 Å². The molecule has 4 aromatic rings. The van der Waals surface area contributed by atoms with Crippen molar-refractivity contribution in [2.75, 3.05) is 32.6 Å². The molecule has 0 amide bonds. The van der Waals surface area contributed by atoms with Crippen LogP contribution in [0, 0.1) is 0 Å². The molecule has 0 atom stereocenters. The summed E-state index contributed by atoms with van der Waals surface area (Å²) in [5, 5.41) is 4.55.